The molecule has 0 aromatic carbocycles. The molecule has 0 radical (unpaired) electrons. The molecule has 0 spiro atoms. The largest absolute Gasteiger partial charge is 0.390 e. The number of ether oxygens (including phenoxy) is 1. The molecule has 2 atom stereocenters. The molecule has 1 saturated heterocycles. The van der Waals surface area contributed by atoms with Crippen LogP contribution in [0, 0.1) is 5.92 Å². The summed E-state index contributed by atoms with van der Waals surface area (Å²) in [6, 6.07) is 0.353. The lowest BCUT2D eigenvalue weighted by Gasteiger charge is -2.32. The maximum absolute atomic E-state index is 10.0. The van der Waals surface area contributed by atoms with Gasteiger partial charge in [-0.1, -0.05) is 13.8 Å². The molecule has 4 nitrogen and oxygen atoms in total. The van der Waals surface area contributed by atoms with E-state index in [1.807, 2.05) is 0 Å². The van der Waals surface area contributed by atoms with Crippen LogP contribution in [0.3, 0.4) is 0 Å². The molecule has 2 unspecified atom stereocenters. The zero-order valence-corrected chi connectivity index (χ0v) is 12.2. The summed E-state index contributed by atoms with van der Waals surface area (Å²) in [6.45, 7) is 8.88. The minimum Gasteiger partial charge on any atom is -0.390 e. The van der Waals surface area contributed by atoms with Crippen molar-refractivity contribution in [2.75, 3.05) is 39.9 Å². The third-order valence-electron chi connectivity index (χ3n) is 3.85. The number of nitrogens with zero attached hydrogens (tertiary/aromatic N) is 1. The van der Waals surface area contributed by atoms with Gasteiger partial charge in [-0.2, -0.15) is 0 Å². The number of nitrogens with one attached hydrogen (secondary N) is 1. The average molecular weight is 258 g/mol. The van der Waals surface area contributed by atoms with Crippen molar-refractivity contribution in [2.45, 2.75) is 45.3 Å². The van der Waals surface area contributed by atoms with Gasteiger partial charge in [0, 0.05) is 26.2 Å². The molecule has 0 aliphatic carbocycles. The van der Waals surface area contributed by atoms with Crippen molar-refractivity contribution in [3.05, 3.63) is 0 Å². The lowest BCUT2D eigenvalue weighted by atomic mass is 9.99. The van der Waals surface area contributed by atoms with E-state index in [4.69, 9.17) is 4.74 Å². The Labute approximate surface area is 112 Å². The van der Waals surface area contributed by atoms with Gasteiger partial charge in [-0.25, -0.2) is 0 Å². The van der Waals surface area contributed by atoms with E-state index in [0.29, 0.717) is 19.2 Å². The molecule has 1 aliphatic heterocycles. The maximum atomic E-state index is 10.0. The van der Waals surface area contributed by atoms with Gasteiger partial charge in [0.2, 0.25) is 0 Å². The van der Waals surface area contributed by atoms with Gasteiger partial charge in [0.25, 0.3) is 0 Å². The predicted molar refractivity (Wildman–Crippen MR) is 74.8 cm³/mol. The first kappa shape index (κ1) is 15.9. The van der Waals surface area contributed by atoms with Crippen LogP contribution in [0.1, 0.15) is 33.1 Å². The highest BCUT2D eigenvalue weighted by Gasteiger charge is 2.18. The summed E-state index contributed by atoms with van der Waals surface area (Å²) in [7, 11) is 1.72. The standard InChI is InChI=1S/C14H30N2O2/c1-4-13(11-18-3)15-9-14(17)10-16-7-5-12(2)6-8-16/h12-15,17H,4-11H2,1-3H3. The highest BCUT2D eigenvalue weighted by Crippen LogP contribution is 2.15. The number of aliphatic hydroxyl groups is 1. The van der Waals surface area contributed by atoms with Crippen molar-refractivity contribution in [3.63, 3.8) is 0 Å². The van der Waals surface area contributed by atoms with Gasteiger partial charge >= 0.3 is 0 Å². The van der Waals surface area contributed by atoms with Gasteiger partial charge in [0.05, 0.1) is 12.7 Å². The average Bonchev–Trinajstić information content (AvgIpc) is 2.37. The second-order valence-electron chi connectivity index (χ2n) is 5.61. The molecule has 1 fully saturated rings. The molecule has 0 amide bonds. The summed E-state index contributed by atoms with van der Waals surface area (Å²) >= 11 is 0. The van der Waals surface area contributed by atoms with Gasteiger partial charge in [-0.3, -0.25) is 0 Å². The van der Waals surface area contributed by atoms with Crippen LogP contribution in [-0.4, -0.2) is 62.0 Å². The summed E-state index contributed by atoms with van der Waals surface area (Å²) in [4.78, 5) is 2.38. The maximum Gasteiger partial charge on any atom is 0.0791 e. The van der Waals surface area contributed by atoms with Crippen LogP contribution in [0.5, 0.6) is 0 Å². The van der Waals surface area contributed by atoms with Crippen LogP contribution in [-0.2, 0) is 4.74 Å². The molecule has 2 N–H and O–H groups in total. The molecule has 108 valence electrons. The molecule has 0 aromatic rings. The first-order valence-electron chi connectivity index (χ1n) is 7.28. The number of likely N-dealkylation sites (tertiary alicyclic amines) is 1. The van der Waals surface area contributed by atoms with E-state index in [1.54, 1.807) is 7.11 Å². The zero-order chi connectivity index (χ0) is 13.4. The number of hydrogen-bond acceptors (Lipinski definition) is 4. The molecule has 18 heavy (non-hydrogen) atoms. The van der Waals surface area contributed by atoms with Crippen molar-refractivity contribution in [3.8, 4) is 0 Å². The number of piperidine rings is 1. The number of hydrogen-bond donors (Lipinski definition) is 2. The van der Waals surface area contributed by atoms with Crippen LogP contribution in [0.15, 0.2) is 0 Å². The third kappa shape index (κ3) is 6.14. The Hall–Kier alpha value is -0.160. The van der Waals surface area contributed by atoms with Gasteiger partial charge in [-0.15, -0.1) is 0 Å². The van der Waals surface area contributed by atoms with Crippen molar-refractivity contribution in [1.29, 1.82) is 0 Å². The smallest absolute Gasteiger partial charge is 0.0791 e. The SMILES string of the molecule is CCC(COC)NCC(O)CN1CCC(C)CC1. The Morgan fingerprint density at radius 1 is 1.39 bits per heavy atom. The van der Waals surface area contributed by atoms with Crippen molar-refractivity contribution in [2.24, 2.45) is 5.92 Å². The Morgan fingerprint density at radius 3 is 2.61 bits per heavy atom. The van der Waals surface area contributed by atoms with E-state index in [9.17, 15) is 5.11 Å². The minimum absolute atomic E-state index is 0.274. The minimum atomic E-state index is -0.274. The summed E-state index contributed by atoms with van der Waals surface area (Å²) in [5.41, 5.74) is 0. The highest BCUT2D eigenvalue weighted by molar-refractivity contribution is 4.74. The Morgan fingerprint density at radius 2 is 2.06 bits per heavy atom. The summed E-state index contributed by atoms with van der Waals surface area (Å²) in [5, 5.41) is 13.4. The van der Waals surface area contributed by atoms with E-state index >= 15 is 0 Å². The van der Waals surface area contributed by atoms with E-state index < -0.39 is 0 Å². The number of methoxy groups -OCH3 is 1. The zero-order valence-electron chi connectivity index (χ0n) is 12.2. The Bertz CT molecular complexity index is 206. The second kappa shape index (κ2) is 8.86. The fraction of sp³-hybridized carbons (Fsp3) is 1.00. The lowest BCUT2D eigenvalue weighted by Crippen LogP contribution is -2.44. The summed E-state index contributed by atoms with van der Waals surface area (Å²) in [6.07, 6.45) is 3.29. The predicted octanol–water partition coefficient (Wildman–Crippen LogP) is 1.09. The normalized spacial score (nSPS) is 22.0. The number of rotatable bonds is 8. The molecule has 1 rings (SSSR count). The topological polar surface area (TPSA) is 44.7 Å². The van der Waals surface area contributed by atoms with Crippen molar-refractivity contribution < 1.29 is 9.84 Å². The Kier molecular flexibility index (Phi) is 7.82. The molecule has 4 heteroatoms. The molecular weight excluding hydrogens is 228 g/mol. The van der Waals surface area contributed by atoms with Crippen LogP contribution in [0.25, 0.3) is 0 Å². The fourth-order valence-electron chi connectivity index (χ4n) is 2.43. The third-order valence-corrected chi connectivity index (χ3v) is 3.85. The van der Waals surface area contributed by atoms with Crippen LogP contribution >= 0.6 is 0 Å². The van der Waals surface area contributed by atoms with E-state index in [-0.39, 0.29) is 6.10 Å². The lowest BCUT2D eigenvalue weighted by molar-refractivity contribution is 0.0837. The van der Waals surface area contributed by atoms with E-state index in [2.05, 4.69) is 24.1 Å². The molecule has 0 aromatic heterocycles. The van der Waals surface area contributed by atoms with Crippen LogP contribution in [0.2, 0.25) is 0 Å². The van der Waals surface area contributed by atoms with Gasteiger partial charge in [0.15, 0.2) is 0 Å². The second-order valence-corrected chi connectivity index (χ2v) is 5.61. The van der Waals surface area contributed by atoms with Crippen LogP contribution < -0.4 is 5.32 Å². The molecule has 0 saturated carbocycles. The highest BCUT2D eigenvalue weighted by atomic mass is 16.5. The molecule has 1 heterocycles. The van der Waals surface area contributed by atoms with E-state index in [0.717, 1.165) is 32.0 Å². The first-order chi connectivity index (χ1) is 8.65. The van der Waals surface area contributed by atoms with Gasteiger partial charge in [0.1, 0.15) is 0 Å². The molecular formula is C14H30N2O2. The Balaban J connectivity index is 2.14. The van der Waals surface area contributed by atoms with Crippen molar-refractivity contribution >= 4 is 0 Å². The molecule has 0 bridgehead atoms. The monoisotopic (exact) mass is 258 g/mol. The van der Waals surface area contributed by atoms with Crippen LogP contribution in [0.4, 0.5) is 0 Å². The van der Waals surface area contributed by atoms with Crippen molar-refractivity contribution in [1.82, 2.24) is 10.2 Å². The fourth-order valence-corrected chi connectivity index (χ4v) is 2.43. The number of aliphatic hydroxyl groups excluding tert-OH is 1. The summed E-state index contributed by atoms with van der Waals surface area (Å²) in [5.74, 6) is 0.850. The van der Waals surface area contributed by atoms with E-state index in [1.165, 1.54) is 12.8 Å². The quantitative estimate of drug-likeness (QED) is 0.684. The van der Waals surface area contributed by atoms with Gasteiger partial charge in [-0.05, 0) is 38.3 Å². The first-order valence-corrected chi connectivity index (χ1v) is 7.28. The molecule has 1 aliphatic rings. The number of β-amino-alcohol motifs (C(OH)–C–C–N with tert-alkyl or cyclic N) is 1. The summed E-state index contributed by atoms with van der Waals surface area (Å²) < 4.78 is 5.13. The van der Waals surface area contributed by atoms with Gasteiger partial charge < -0.3 is 20.1 Å².